The maximum Gasteiger partial charge on any atom is 0.300 e. The van der Waals surface area contributed by atoms with Crippen molar-refractivity contribution in [1.82, 2.24) is 15.5 Å². The van der Waals surface area contributed by atoms with Crippen molar-refractivity contribution < 1.29 is 14.2 Å². The van der Waals surface area contributed by atoms with Crippen molar-refractivity contribution in [2.24, 2.45) is 0 Å². The van der Waals surface area contributed by atoms with Crippen molar-refractivity contribution >= 4 is 17.4 Å². The van der Waals surface area contributed by atoms with Crippen LogP contribution < -0.4 is 10.6 Å². The highest BCUT2D eigenvalue weighted by Crippen LogP contribution is 2.20. The molecule has 2 aromatic rings. The number of pyridine rings is 1. The van der Waals surface area contributed by atoms with E-state index in [0.717, 1.165) is 6.20 Å². The molecule has 104 valence electrons. The van der Waals surface area contributed by atoms with Gasteiger partial charge in [0.2, 0.25) is 0 Å². The van der Waals surface area contributed by atoms with Crippen LogP contribution in [0, 0.1) is 10.1 Å². The summed E-state index contributed by atoms with van der Waals surface area (Å²) in [7, 11) is 1.60. The van der Waals surface area contributed by atoms with Crippen molar-refractivity contribution in [3.8, 4) is 0 Å². The van der Waals surface area contributed by atoms with Gasteiger partial charge in [0.1, 0.15) is 17.6 Å². The second kappa shape index (κ2) is 5.78. The van der Waals surface area contributed by atoms with E-state index in [4.69, 9.17) is 4.52 Å². The Morgan fingerprint density at radius 3 is 2.95 bits per heavy atom. The van der Waals surface area contributed by atoms with Crippen LogP contribution in [0.2, 0.25) is 0 Å². The summed E-state index contributed by atoms with van der Waals surface area (Å²) < 4.78 is 4.82. The van der Waals surface area contributed by atoms with Crippen LogP contribution in [0.3, 0.4) is 0 Å². The van der Waals surface area contributed by atoms with E-state index in [1.165, 1.54) is 12.3 Å². The molecule has 0 fully saturated rings. The van der Waals surface area contributed by atoms with Crippen molar-refractivity contribution in [2.45, 2.75) is 6.54 Å². The molecule has 1 amide bonds. The van der Waals surface area contributed by atoms with Crippen LogP contribution in [0.15, 0.2) is 29.0 Å². The molecule has 2 rings (SSSR count). The molecule has 0 saturated heterocycles. The Morgan fingerprint density at radius 2 is 2.35 bits per heavy atom. The predicted octanol–water partition coefficient (Wildman–Crippen LogP) is 0.949. The van der Waals surface area contributed by atoms with Gasteiger partial charge in [-0.05, 0) is 0 Å². The summed E-state index contributed by atoms with van der Waals surface area (Å²) in [4.78, 5) is 26.0. The molecular formula is C11H11N5O4. The SMILES string of the molecule is CNc1cc(C(=O)NCc2ccno2)c([N+](=O)[O-])cn1. The van der Waals surface area contributed by atoms with Gasteiger partial charge in [-0.2, -0.15) is 0 Å². The molecule has 0 unspecified atom stereocenters. The first kappa shape index (κ1) is 13.5. The van der Waals surface area contributed by atoms with Gasteiger partial charge in [-0.25, -0.2) is 4.98 Å². The minimum Gasteiger partial charge on any atom is -0.373 e. The van der Waals surface area contributed by atoms with Crippen molar-refractivity contribution in [3.63, 3.8) is 0 Å². The number of carbonyl (C=O) groups is 1. The normalized spacial score (nSPS) is 10.1. The fourth-order valence-corrected chi connectivity index (χ4v) is 1.51. The highest BCUT2D eigenvalue weighted by Gasteiger charge is 2.21. The van der Waals surface area contributed by atoms with Crippen LogP contribution in [0.4, 0.5) is 11.5 Å². The molecule has 0 spiro atoms. The molecule has 9 nitrogen and oxygen atoms in total. The van der Waals surface area contributed by atoms with Crippen molar-refractivity contribution in [3.05, 3.63) is 46.0 Å². The third-order valence-electron chi connectivity index (χ3n) is 2.49. The Labute approximate surface area is 113 Å². The van der Waals surface area contributed by atoms with Gasteiger partial charge < -0.3 is 15.2 Å². The molecule has 9 heteroatoms. The number of nitrogens with zero attached hydrogens (tertiary/aromatic N) is 3. The quantitative estimate of drug-likeness (QED) is 0.615. The topological polar surface area (TPSA) is 123 Å². The molecule has 0 radical (unpaired) electrons. The number of aromatic nitrogens is 2. The molecule has 0 aliphatic heterocycles. The lowest BCUT2D eigenvalue weighted by Crippen LogP contribution is -2.23. The number of hydrogen-bond acceptors (Lipinski definition) is 7. The highest BCUT2D eigenvalue weighted by molar-refractivity contribution is 5.98. The molecule has 0 atom stereocenters. The minimum absolute atomic E-state index is 0.0751. The Bertz CT molecular complexity index is 626. The van der Waals surface area contributed by atoms with Gasteiger partial charge in [-0.3, -0.25) is 14.9 Å². The molecule has 2 aromatic heterocycles. The molecule has 0 aromatic carbocycles. The first-order chi connectivity index (χ1) is 9.61. The molecule has 0 aliphatic rings. The van der Waals surface area contributed by atoms with Gasteiger partial charge in [-0.15, -0.1) is 0 Å². The maximum absolute atomic E-state index is 12.0. The Balaban J connectivity index is 2.20. The number of anilines is 1. The van der Waals surface area contributed by atoms with Gasteiger partial charge >= 0.3 is 0 Å². The lowest BCUT2D eigenvalue weighted by atomic mass is 10.2. The summed E-state index contributed by atoms with van der Waals surface area (Å²) in [5.41, 5.74) is -0.437. The molecular weight excluding hydrogens is 266 g/mol. The van der Waals surface area contributed by atoms with E-state index in [-0.39, 0.29) is 17.8 Å². The van der Waals surface area contributed by atoms with Crippen LogP contribution in [0.1, 0.15) is 16.1 Å². The molecule has 0 bridgehead atoms. The van der Waals surface area contributed by atoms with E-state index in [1.54, 1.807) is 13.1 Å². The fraction of sp³-hybridized carbons (Fsp3) is 0.182. The molecule has 0 saturated carbocycles. The summed E-state index contributed by atoms with van der Waals surface area (Å²) in [5.74, 6) is 0.219. The van der Waals surface area contributed by atoms with Gasteiger partial charge in [0.15, 0.2) is 5.76 Å². The fourth-order valence-electron chi connectivity index (χ4n) is 1.51. The Hall–Kier alpha value is -2.97. The molecule has 2 heterocycles. The number of rotatable bonds is 5. The maximum atomic E-state index is 12.0. The first-order valence-electron chi connectivity index (χ1n) is 5.61. The second-order valence-electron chi connectivity index (χ2n) is 3.76. The standard InChI is InChI=1S/C11H11N5O4/c1-12-10-4-8(9(6-13-10)16(18)19)11(17)14-5-7-2-3-15-20-7/h2-4,6H,5H2,1H3,(H,12,13)(H,14,17). The van der Waals surface area contributed by atoms with E-state index >= 15 is 0 Å². The van der Waals surface area contributed by atoms with E-state index < -0.39 is 10.8 Å². The Kier molecular flexibility index (Phi) is 3.89. The summed E-state index contributed by atoms with van der Waals surface area (Å²) >= 11 is 0. The van der Waals surface area contributed by atoms with Crippen LogP contribution in [0.25, 0.3) is 0 Å². The summed E-state index contributed by atoms with van der Waals surface area (Å²) in [5, 5.41) is 19.6. The second-order valence-corrected chi connectivity index (χ2v) is 3.76. The summed E-state index contributed by atoms with van der Waals surface area (Å²) in [6.07, 6.45) is 2.48. The number of nitrogens with one attached hydrogen (secondary N) is 2. The number of carbonyl (C=O) groups excluding carboxylic acids is 1. The van der Waals surface area contributed by atoms with Crippen LogP contribution in [-0.4, -0.2) is 28.0 Å². The van der Waals surface area contributed by atoms with E-state index in [9.17, 15) is 14.9 Å². The predicted molar refractivity (Wildman–Crippen MR) is 68.1 cm³/mol. The monoisotopic (exact) mass is 277 g/mol. The zero-order valence-electron chi connectivity index (χ0n) is 10.5. The average molecular weight is 277 g/mol. The van der Waals surface area contributed by atoms with E-state index in [2.05, 4.69) is 20.8 Å². The largest absolute Gasteiger partial charge is 0.373 e. The lowest BCUT2D eigenvalue weighted by Gasteiger charge is -2.05. The van der Waals surface area contributed by atoms with Crippen LogP contribution in [0.5, 0.6) is 0 Å². The third kappa shape index (κ3) is 2.88. The zero-order valence-corrected chi connectivity index (χ0v) is 10.5. The lowest BCUT2D eigenvalue weighted by molar-refractivity contribution is -0.385. The van der Waals surface area contributed by atoms with Gasteiger partial charge in [0.05, 0.1) is 17.7 Å². The molecule has 20 heavy (non-hydrogen) atoms. The van der Waals surface area contributed by atoms with E-state index in [0.29, 0.717) is 11.6 Å². The third-order valence-corrected chi connectivity index (χ3v) is 2.49. The molecule has 2 N–H and O–H groups in total. The highest BCUT2D eigenvalue weighted by atomic mass is 16.6. The smallest absolute Gasteiger partial charge is 0.300 e. The van der Waals surface area contributed by atoms with Crippen molar-refractivity contribution in [2.75, 3.05) is 12.4 Å². The minimum atomic E-state index is -0.657. The van der Waals surface area contributed by atoms with Gasteiger partial charge in [0.25, 0.3) is 11.6 Å². The Morgan fingerprint density at radius 1 is 1.55 bits per heavy atom. The van der Waals surface area contributed by atoms with Gasteiger partial charge in [0, 0.05) is 19.2 Å². The summed E-state index contributed by atoms with van der Waals surface area (Å²) in [6, 6.07) is 2.90. The van der Waals surface area contributed by atoms with E-state index in [1.807, 2.05) is 0 Å². The van der Waals surface area contributed by atoms with Crippen molar-refractivity contribution in [1.29, 1.82) is 0 Å². The number of nitro groups is 1. The average Bonchev–Trinajstić information content (AvgIpc) is 2.97. The summed E-state index contributed by atoms with van der Waals surface area (Å²) in [6.45, 7) is 0.0905. The number of amides is 1. The molecule has 0 aliphatic carbocycles. The van der Waals surface area contributed by atoms with Gasteiger partial charge in [-0.1, -0.05) is 5.16 Å². The zero-order chi connectivity index (χ0) is 14.5. The number of hydrogen-bond donors (Lipinski definition) is 2. The van der Waals surface area contributed by atoms with Crippen LogP contribution in [-0.2, 0) is 6.54 Å². The first-order valence-corrected chi connectivity index (χ1v) is 5.61. The van der Waals surface area contributed by atoms with Crippen LogP contribution >= 0.6 is 0 Å².